The number of likely N-dealkylation sites (tertiary alicyclic amines) is 2. The monoisotopic (exact) mass is 400 g/mol. The van der Waals surface area contributed by atoms with Crippen LogP contribution in [0.1, 0.15) is 39.2 Å². The molecule has 1 aromatic carbocycles. The van der Waals surface area contributed by atoms with Crippen LogP contribution in [-0.4, -0.2) is 59.2 Å². The molecule has 0 spiro atoms. The molecule has 2 saturated heterocycles. The third kappa shape index (κ3) is 4.04. The Morgan fingerprint density at radius 1 is 1.28 bits per heavy atom. The van der Waals surface area contributed by atoms with Crippen molar-refractivity contribution in [2.24, 2.45) is 5.92 Å². The number of rotatable bonds is 5. The maximum Gasteiger partial charge on any atom is 0.411 e. The minimum Gasteiger partial charge on any atom is -0.467 e. The van der Waals surface area contributed by atoms with Gasteiger partial charge in [0.2, 0.25) is 0 Å². The third-order valence-electron chi connectivity index (χ3n) is 5.98. The van der Waals surface area contributed by atoms with E-state index < -0.39 is 17.2 Å². The van der Waals surface area contributed by atoms with Crippen LogP contribution in [-0.2, 0) is 20.8 Å². The van der Waals surface area contributed by atoms with E-state index in [0.717, 1.165) is 6.54 Å². The number of methoxy groups -OCH3 is 1. The average Bonchev–Trinajstić information content (AvgIpc) is 2.89. The molecule has 1 aromatic rings. The second kappa shape index (κ2) is 8.19. The van der Waals surface area contributed by atoms with E-state index in [1.807, 2.05) is 45.0 Å². The number of amides is 1. The standard InChI is InChI=1S/C23H32N2O4/c1-6-10-18-19-16-25(21(27)29-22(2,3)4)23(18,20(26)28-5)13-14-24(19)15-17-11-8-7-9-12-17/h6-9,11-12,18-19H,1,10,13-16H2,2-5H3/t18-,19+,23?/m1/s1. The summed E-state index contributed by atoms with van der Waals surface area (Å²) in [5.74, 6) is -0.450. The van der Waals surface area contributed by atoms with E-state index in [0.29, 0.717) is 25.9 Å². The number of ether oxygens (including phenoxy) is 2. The molecule has 3 atom stereocenters. The summed E-state index contributed by atoms with van der Waals surface area (Å²) < 4.78 is 10.9. The second-order valence-corrected chi connectivity index (χ2v) is 8.91. The number of carbonyl (C=O) groups is 2. The molecular weight excluding hydrogens is 368 g/mol. The van der Waals surface area contributed by atoms with Crippen molar-refractivity contribution in [3.8, 4) is 0 Å². The summed E-state index contributed by atoms with van der Waals surface area (Å²) >= 11 is 0. The lowest BCUT2D eigenvalue weighted by atomic mass is 9.74. The van der Waals surface area contributed by atoms with Gasteiger partial charge in [-0.05, 0) is 39.2 Å². The second-order valence-electron chi connectivity index (χ2n) is 8.91. The minimum absolute atomic E-state index is 0.0357. The fourth-order valence-corrected chi connectivity index (χ4v) is 4.81. The third-order valence-corrected chi connectivity index (χ3v) is 5.98. The predicted molar refractivity (Wildman–Crippen MR) is 111 cm³/mol. The van der Waals surface area contributed by atoms with Crippen LogP contribution in [0.5, 0.6) is 0 Å². The van der Waals surface area contributed by atoms with Crippen LogP contribution >= 0.6 is 0 Å². The molecule has 0 aromatic heterocycles. The van der Waals surface area contributed by atoms with E-state index in [9.17, 15) is 9.59 Å². The van der Waals surface area contributed by atoms with Crippen LogP contribution < -0.4 is 0 Å². The first-order valence-electron chi connectivity index (χ1n) is 10.2. The Bertz CT molecular complexity index is 758. The molecule has 1 amide bonds. The molecule has 2 bridgehead atoms. The first-order valence-corrected chi connectivity index (χ1v) is 10.2. The summed E-state index contributed by atoms with van der Waals surface area (Å²) in [5, 5.41) is 0. The predicted octanol–water partition coefficient (Wildman–Crippen LogP) is 3.62. The molecule has 0 radical (unpaired) electrons. The maximum absolute atomic E-state index is 13.1. The van der Waals surface area contributed by atoms with Crippen LogP contribution in [0.25, 0.3) is 0 Å². The molecule has 6 heteroatoms. The molecule has 6 nitrogen and oxygen atoms in total. The zero-order chi connectivity index (χ0) is 21.2. The van der Waals surface area contributed by atoms with Gasteiger partial charge in [-0.15, -0.1) is 6.58 Å². The number of benzene rings is 1. The summed E-state index contributed by atoms with van der Waals surface area (Å²) in [5.41, 5.74) is -0.433. The lowest BCUT2D eigenvalue weighted by Gasteiger charge is -2.45. The Labute approximate surface area is 173 Å². The molecule has 1 unspecified atom stereocenters. The summed E-state index contributed by atoms with van der Waals surface area (Å²) in [6, 6.07) is 10.3. The van der Waals surface area contributed by atoms with Gasteiger partial charge >= 0.3 is 12.1 Å². The lowest BCUT2D eigenvalue weighted by molar-refractivity contribution is -0.158. The van der Waals surface area contributed by atoms with Gasteiger partial charge in [-0.25, -0.2) is 9.59 Å². The van der Waals surface area contributed by atoms with E-state index in [2.05, 4.69) is 23.6 Å². The Kier molecular flexibility index (Phi) is 6.03. The minimum atomic E-state index is -1.01. The molecule has 0 aliphatic carbocycles. The topological polar surface area (TPSA) is 59.1 Å². The molecule has 158 valence electrons. The Morgan fingerprint density at radius 3 is 2.55 bits per heavy atom. The van der Waals surface area contributed by atoms with Crippen LogP contribution in [0.2, 0.25) is 0 Å². The summed E-state index contributed by atoms with van der Waals surface area (Å²) in [6.45, 7) is 11.3. The fraction of sp³-hybridized carbons (Fsp3) is 0.565. The van der Waals surface area contributed by atoms with Crippen molar-refractivity contribution in [1.82, 2.24) is 9.80 Å². The first-order chi connectivity index (χ1) is 13.7. The molecule has 2 aliphatic rings. The zero-order valence-electron chi connectivity index (χ0n) is 17.9. The van der Waals surface area contributed by atoms with Gasteiger partial charge < -0.3 is 9.47 Å². The molecule has 3 rings (SSSR count). The fourth-order valence-electron chi connectivity index (χ4n) is 4.81. The van der Waals surface area contributed by atoms with Gasteiger partial charge in [0.15, 0.2) is 0 Å². The highest BCUT2D eigenvalue weighted by Gasteiger charge is 2.64. The SMILES string of the molecule is C=CC[C@@H]1[C@@H]2CN(C(=O)OC(C)(C)C)C1(C(=O)OC)CCN2Cc1ccccc1. The van der Waals surface area contributed by atoms with Gasteiger partial charge in [0, 0.05) is 31.6 Å². The molecule has 0 saturated carbocycles. The quantitative estimate of drug-likeness (QED) is 0.558. The van der Waals surface area contributed by atoms with Gasteiger partial charge in [0.1, 0.15) is 11.1 Å². The number of fused-ring (bicyclic) bond motifs is 2. The van der Waals surface area contributed by atoms with Crippen molar-refractivity contribution < 1.29 is 19.1 Å². The lowest BCUT2D eigenvalue weighted by Crippen LogP contribution is -2.61. The maximum atomic E-state index is 13.1. The number of nitrogens with zero attached hydrogens (tertiary/aromatic N) is 2. The van der Waals surface area contributed by atoms with E-state index in [-0.39, 0.29) is 17.9 Å². The average molecular weight is 401 g/mol. The Morgan fingerprint density at radius 2 is 1.97 bits per heavy atom. The highest BCUT2D eigenvalue weighted by atomic mass is 16.6. The molecular formula is C23H32N2O4. The zero-order valence-corrected chi connectivity index (χ0v) is 17.9. The van der Waals surface area contributed by atoms with E-state index in [1.165, 1.54) is 12.7 Å². The largest absolute Gasteiger partial charge is 0.467 e. The number of hydrogen-bond donors (Lipinski definition) is 0. The van der Waals surface area contributed by atoms with Gasteiger partial charge in [-0.2, -0.15) is 0 Å². The number of esters is 1. The van der Waals surface area contributed by atoms with Crippen LogP contribution in [0.15, 0.2) is 43.0 Å². The smallest absolute Gasteiger partial charge is 0.411 e. The number of piperidine rings is 1. The highest BCUT2D eigenvalue weighted by Crippen LogP contribution is 2.47. The molecule has 29 heavy (non-hydrogen) atoms. The van der Waals surface area contributed by atoms with E-state index in [1.54, 1.807) is 4.90 Å². The summed E-state index contributed by atoms with van der Waals surface area (Å²) in [4.78, 5) is 30.1. The van der Waals surface area contributed by atoms with Crippen molar-refractivity contribution in [3.05, 3.63) is 48.6 Å². The van der Waals surface area contributed by atoms with E-state index in [4.69, 9.17) is 9.47 Å². The summed E-state index contributed by atoms with van der Waals surface area (Å²) in [6.07, 6.45) is 2.52. The first kappa shape index (κ1) is 21.4. The van der Waals surface area contributed by atoms with Crippen molar-refractivity contribution in [2.75, 3.05) is 20.2 Å². The highest BCUT2D eigenvalue weighted by molar-refractivity contribution is 5.87. The molecule has 2 aliphatic heterocycles. The normalized spacial score (nSPS) is 26.8. The Hall–Kier alpha value is -2.34. The molecule has 2 fully saturated rings. The van der Waals surface area contributed by atoms with Gasteiger partial charge in [0.25, 0.3) is 0 Å². The van der Waals surface area contributed by atoms with Crippen molar-refractivity contribution in [3.63, 3.8) is 0 Å². The number of carbonyl (C=O) groups excluding carboxylic acids is 2. The van der Waals surface area contributed by atoms with Crippen LogP contribution in [0, 0.1) is 5.92 Å². The van der Waals surface area contributed by atoms with Gasteiger partial charge in [0.05, 0.1) is 7.11 Å². The van der Waals surface area contributed by atoms with Crippen LogP contribution in [0.3, 0.4) is 0 Å². The van der Waals surface area contributed by atoms with Gasteiger partial charge in [-0.1, -0.05) is 36.4 Å². The molecule has 0 N–H and O–H groups in total. The number of allylic oxidation sites excluding steroid dienone is 1. The van der Waals surface area contributed by atoms with Crippen molar-refractivity contribution in [1.29, 1.82) is 0 Å². The number of hydrogen-bond acceptors (Lipinski definition) is 5. The molecule has 2 heterocycles. The van der Waals surface area contributed by atoms with Gasteiger partial charge in [-0.3, -0.25) is 9.80 Å². The summed E-state index contributed by atoms with van der Waals surface area (Å²) in [7, 11) is 1.39. The van der Waals surface area contributed by atoms with Crippen molar-refractivity contribution in [2.45, 2.75) is 57.3 Å². The van der Waals surface area contributed by atoms with E-state index >= 15 is 0 Å². The van der Waals surface area contributed by atoms with Crippen molar-refractivity contribution >= 4 is 12.1 Å². The Balaban J connectivity index is 1.96. The van der Waals surface area contributed by atoms with Crippen LogP contribution in [0.4, 0.5) is 4.79 Å².